The Morgan fingerprint density at radius 2 is 1.46 bits per heavy atom. The molecule has 0 aromatic carbocycles. The number of ether oxygens (including phenoxy) is 1. The van der Waals surface area contributed by atoms with E-state index in [-0.39, 0.29) is 99.3 Å². The molecule has 6 aliphatic rings. The molecular formula is C59H87N16O15PS. The monoisotopic (exact) mass is 1320 g/mol. The van der Waals surface area contributed by atoms with Gasteiger partial charge in [0.1, 0.15) is 30.2 Å². The Balaban J connectivity index is 1.18. The summed E-state index contributed by atoms with van der Waals surface area (Å²) in [6.07, 6.45) is -4.14. The first-order chi connectivity index (χ1) is 42.7. The quantitative estimate of drug-likeness (QED) is 0.0432. The average Bonchev–Trinajstić information content (AvgIpc) is 1.53. The van der Waals surface area contributed by atoms with E-state index in [4.69, 9.17) is 68.9 Å². The number of hydrogen-bond acceptors (Lipinski definition) is 22. The molecule has 16 unspecified atom stereocenters. The molecule has 7 amide bonds. The highest BCUT2D eigenvalue weighted by Gasteiger charge is 2.66. The van der Waals surface area contributed by atoms with Crippen LogP contribution in [0.4, 0.5) is 5.82 Å². The summed E-state index contributed by atoms with van der Waals surface area (Å²) >= 11 is 0. The minimum Gasteiger partial charge on any atom is -0.394 e. The molecule has 31 nitrogen and oxygen atoms in total. The lowest BCUT2D eigenvalue weighted by atomic mass is 9.55. The van der Waals surface area contributed by atoms with E-state index >= 15 is 0 Å². The van der Waals surface area contributed by atoms with Gasteiger partial charge in [-0.3, -0.25) is 66.4 Å². The first kappa shape index (κ1) is 70.7. The number of carbonyl (C=O) groups is 7. The number of anilines is 1. The van der Waals surface area contributed by atoms with Crippen molar-refractivity contribution in [3.05, 3.63) is 40.6 Å². The second-order valence-corrected chi connectivity index (χ2v) is 29.3. The van der Waals surface area contributed by atoms with Crippen LogP contribution in [-0.4, -0.2) is 153 Å². The first-order valence-electron chi connectivity index (χ1n) is 30.4. The minimum absolute atomic E-state index is 0.0114. The minimum atomic E-state index is -5.16. The van der Waals surface area contributed by atoms with Crippen LogP contribution in [0.2, 0.25) is 0 Å². The highest BCUT2D eigenvalue weighted by atomic mass is 32.2. The molecule has 19 N–H and O–H groups in total. The Labute approximate surface area is 534 Å². The summed E-state index contributed by atoms with van der Waals surface area (Å²) in [6, 6.07) is -1.06. The van der Waals surface area contributed by atoms with Crippen LogP contribution < -0.4 is 50.8 Å². The van der Waals surface area contributed by atoms with Crippen LogP contribution in [0.3, 0.4) is 0 Å². The van der Waals surface area contributed by atoms with Gasteiger partial charge in [0.2, 0.25) is 46.5 Å². The third-order valence-corrected chi connectivity index (χ3v) is 21.9. The fraction of sp³-hybridized carbons (Fsp3) is 0.644. The number of allylic oxidation sites excluding steroid dienone is 6. The molecule has 8 bridgehead atoms. The molecule has 504 valence electrons. The molecule has 2 saturated heterocycles. The third kappa shape index (κ3) is 13.3. The molecular weight excluding hydrogens is 1240 g/mol. The van der Waals surface area contributed by atoms with E-state index in [0.717, 1.165) is 0 Å². The number of fused-ring (bicyclic) bond motifs is 7. The topological polar surface area (TPSA) is 529 Å². The fourth-order valence-corrected chi connectivity index (χ4v) is 16.8. The molecule has 92 heavy (non-hydrogen) atoms. The van der Waals surface area contributed by atoms with Crippen molar-refractivity contribution in [2.45, 2.75) is 180 Å². The Hall–Kier alpha value is -7.19. The van der Waals surface area contributed by atoms with Crippen molar-refractivity contribution in [2.75, 3.05) is 25.1 Å². The van der Waals surface area contributed by atoms with E-state index in [1.54, 1.807) is 6.92 Å². The largest absolute Gasteiger partial charge is 0.472 e. The van der Waals surface area contributed by atoms with Gasteiger partial charge in [0.25, 0.3) is 0 Å². The van der Waals surface area contributed by atoms with Crippen LogP contribution >= 0.6 is 7.82 Å². The van der Waals surface area contributed by atoms with Crippen LogP contribution in [0.5, 0.6) is 0 Å². The molecule has 2 aromatic heterocycles. The zero-order valence-electron chi connectivity index (χ0n) is 53.4. The summed E-state index contributed by atoms with van der Waals surface area (Å²) < 4.78 is 43.8. The van der Waals surface area contributed by atoms with Crippen molar-refractivity contribution in [3.63, 3.8) is 0 Å². The highest BCUT2D eigenvalue weighted by Crippen LogP contribution is 2.63. The first-order valence-corrected chi connectivity index (χ1v) is 33.4. The lowest BCUT2D eigenvalue weighted by Crippen LogP contribution is -2.56. The summed E-state index contributed by atoms with van der Waals surface area (Å²) in [6.45, 7) is 15.1. The molecule has 0 aliphatic carbocycles. The number of carbonyl (C=O) groups excluding carboxylic acids is 7. The van der Waals surface area contributed by atoms with Crippen LogP contribution in [0.15, 0.2) is 60.8 Å². The molecule has 0 radical (unpaired) electrons. The number of aliphatic hydroxyl groups is 2. The van der Waals surface area contributed by atoms with Crippen molar-refractivity contribution < 1.29 is 71.2 Å². The van der Waals surface area contributed by atoms with E-state index in [1.807, 2.05) is 54.5 Å². The van der Waals surface area contributed by atoms with Gasteiger partial charge in [-0.2, -0.15) is 4.98 Å². The molecule has 8 rings (SSSR count). The lowest BCUT2D eigenvalue weighted by molar-refractivity contribution is -0.124. The van der Waals surface area contributed by atoms with Gasteiger partial charge in [-0.15, -0.1) is 0 Å². The summed E-state index contributed by atoms with van der Waals surface area (Å²) in [4.78, 5) is 134. The highest BCUT2D eigenvalue weighted by molar-refractivity contribution is 7.84. The molecule has 0 spiro atoms. The molecule has 2 aromatic rings. The number of phosphoric ester groups is 1. The number of amides is 7. The number of nitrogens with two attached hydrogens (primary N) is 7. The van der Waals surface area contributed by atoms with E-state index in [2.05, 4.69) is 25.6 Å². The van der Waals surface area contributed by atoms with Gasteiger partial charge < -0.3 is 70.6 Å². The zero-order valence-corrected chi connectivity index (χ0v) is 55.1. The van der Waals surface area contributed by atoms with E-state index in [0.29, 0.717) is 45.4 Å². The number of nitrogens with zero attached hydrogens (tertiary/aromatic N) is 7. The average molecular weight is 1320 g/mol. The van der Waals surface area contributed by atoms with Crippen LogP contribution in [0, 0.1) is 45.3 Å². The Morgan fingerprint density at radius 3 is 2.03 bits per heavy atom. The van der Waals surface area contributed by atoms with Gasteiger partial charge in [0.15, 0.2) is 17.7 Å². The SMILES string of the molecule is CC1=C2N=C(C=C3N/C(=C(/C)C4=NC(C)(C5N=C1C(C)(CCC(=O)NCC(C)OP(=O)(O)OC1C(CO)OC(n6cnc7nc(S(C)=O)nc(N)c76)C1O)C5CC(N)=O)C(C)(CC(N)=O)C4CCC(N)=O)C(C)(CC(N)=O)C3CCC(N)=O)C(C)(C)C2CCC(N)=O. The van der Waals surface area contributed by atoms with Gasteiger partial charge in [-0.1, -0.05) is 34.6 Å². The second kappa shape index (κ2) is 26.3. The predicted octanol–water partition coefficient (Wildman–Crippen LogP) is 0.656. The number of aliphatic hydroxyl groups excluding tert-OH is 2. The Morgan fingerprint density at radius 1 is 0.848 bits per heavy atom. The van der Waals surface area contributed by atoms with Gasteiger partial charge in [0.05, 0.1) is 35.1 Å². The van der Waals surface area contributed by atoms with Gasteiger partial charge in [0, 0.05) is 137 Å². The Bertz CT molecular complexity index is 3660. The summed E-state index contributed by atoms with van der Waals surface area (Å²) in [5.74, 6) is -7.53. The molecule has 6 aliphatic heterocycles. The summed E-state index contributed by atoms with van der Waals surface area (Å²) in [7, 11) is -6.78. The maximum absolute atomic E-state index is 14.4. The normalized spacial score (nSPS) is 32.7. The predicted molar refractivity (Wildman–Crippen MR) is 336 cm³/mol. The number of nitrogen functional groups attached to an aromatic ring is 1. The molecule has 8 heterocycles. The standard InChI is InChI=1S/C59H87N16O15PS/c1-26(89-91(85,86)90-47-34(24-76)88-53(46(47)84)75-25-68-52-45(75)51(66)72-54(73-52)92(10)87)23-67-42(83)17-18-56(6)32(19-39(63)80)50-59(9)58(8,22-41(65)82)31(13-16-38(62)79)44(74-59)28(3)49-57(7,21-40(64)81)29(11-14-36(60)77)33(69-49)20-35-55(4,5)30(12-15-37(61)78)43(70-35)27(2)48(56)71-50/h20,25-26,29-32,34,46-47,50,53,69,76,84H,11-19,21-24H2,1-10H3,(H2,60,77)(H2,61,78)(H2,62,79)(H2,63,80)(H2,64,81)(H2,65,82)(H,67,83)(H,85,86)(H2,66,72,73)/b33-20?,43-27?,49-28-. The smallest absolute Gasteiger partial charge is 0.394 e. The number of imidazole rings is 1. The number of primary amides is 6. The van der Waals surface area contributed by atoms with E-state index < -0.39 is 154 Å². The van der Waals surface area contributed by atoms with Crippen molar-refractivity contribution >= 4 is 94.1 Å². The van der Waals surface area contributed by atoms with Crippen LogP contribution in [0.25, 0.3) is 11.2 Å². The summed E-state index contributed by atoms with van der Waals surface area (Å²) in [5.41, 5.74) is 40.2. The molecule has 16 atom stereocenters. The number of rotatable bonds is 27. The van der Waals surface area contributed by atoms with E-state index in [9.17, 15) is 57.4 Å². The van der Waals surface area contributed by atoms with E-state index in [1.165, 1.54) is 24.1 Å². The van der Waals surface area contributed by atoms with Crippen LogP contribution in [-0.2, 0) is 62.7 Å². The van der Waals surface area contributed by atoms with Crippen molar-refractivity contribution in [1.82, 2.24) is 30.2 Å². The molecule has 0 saturated carbocycles. The van der Waals surface area contributed by atoms with Gasteiger partial charge >= 0.3 is 7.82 Å². The fourth-order valence-electron chi connectivity index (χ4n) is 15.2. The van der Waals surface area contributed by atoms with Gasteiger partial charge in [-0.05, 0) is 70.6 Å². The summed E-state index contributed by atoms with van der Waals surface area (Å²) in [5, 5.41) is 28.0. The molecule has 2 fully saturated rings. The Kier molecular flexibility index (Phi) is 20.2. The van der Waals surface area contributed by atoms with Crippen molar-refractivity contribution in [1.29, 1.82) is 0 Å². The number of nitrogens with one attached hydrogen (secondary N) is 2. The van der Waals surface area contributed by atoms with Gasteiger partial charge in [-0.25, -0.2) is 14.5 Å². The number of aromatic nitrogens is 4. The number of hydrogen-bond donors (Lipinski definition) is 12. The lowest BCUT2D eigenvalue weighted by Gasteiger charge is -2.48. The number of aliphatic imine (C=N–C) groups is 3. The van der Waals surface area contributed by atoms with Crippen molar-refractivity contribution in [3.8, 4) is 0 Å². The number of phosphoric acid groups is 1. The molecule has 33 heteroatoms. The van der Waals surface area contributed by atoms with Crippen LogP contribution in [0.1, 0.15) is 139 Å². The maximum Gasteiger partial charge on any atom is 0.472 e. The maximum atomic E-state index is 14.4. The third-order valence-electron chi connectivity index (χ3n) is 20.1. The zero-order chi connectivity index (χ0) is 68.3. The second-order valence-electron chi connectivity index (χ2n) is 26.7. The van der Waals surface area contributed by atoms with Crippen molar-refractivity contribution in [2.24, 2.45) is 94.7 Å².